The van der Waals surface area contributed by atoms with E-state index in [9.17, 15) is 26.3 Å². The second-order valence-electron chi connectivity index (χ2n) is 8.70. The van der Waals surface area contributed by atoms with Crippen LogP contribution in [0.25, 0.3) is 43.8 Å². The fraction of sp³-hybridized carbons (Fsp3) is 0.0667. The van der Waals surface area contributed by atoms with Crippen LogP contribution < -0.4 is 0 Å². The quantitative estimate of drug-likeness (QED) is 0.159. The summed E-state index contributed by atoms with van der Waals surface area (Å²) in [6.45, 7) is 1.73. The summed E-state index contributed by atoms with van der Waals surface area (Å²) < 4.78 is 111. The van der Waals surface area contributed by atoms with Crippen molar-refractivity contribution in [3.05, 3.63) is 107 Å². The first-order valence-corrected chi connectivity index (χ1v) is 11.1. The molecule has 0 nitrogen and oxygen atoms in total. The van der Waals surface area contributed by atoms with Gasteiger partial charge in [0.05, 0.1) is 11.1 Å². The molecule has 190 valence electrons. The van der Waals surface area contributed by atoms with Crippen molar-refractivity contribution in [2.24, 2.45) is 0 Å². The van der Waals surface area contributed by atoms with E-state index < -0.39 is 46.4 Å². The molecule has 0 aliphatic rings. The summed E-state index contributed by atoms with van der Waals surface area (Å²) in [5, 5.41) is -0.188. The number of fused-ring (bicyclic) bond motifs is 2. The first-order chi connectivity index (χ1) is 17.9. The molecular weight excluding hydrogens is 512 g/mol. The summed E-state index contributed by atoms with van der Waals surface area (Å²) in [5.41, 5.74) is -0.171. The van der Waals surface area contributed by atoms with Crippen LogP contribution in [0.15, 0.2) is 66.7 Å². The molecular formula is C30H14F8. The zero-order valence-electron chi connectivity index (χ0n) is 19.4. The molecule has 0 unspecified atom stereocenters. The van der Waals surface area contributed by atoms with E-state index in [0.717, 1.165) is 35.7 Å². The summed E-state index contributed by atoms with van der Waals surface area (Å²) in [5.74, 6) is -2.78. The van der Waals surface area contributed by atoms with Crippen molar-refractivity contribution in [3.8, 4) is 34.1 Å². The average molecular weight is 526 g/mol. The number of benzene rings is 5. The third-order valence-corrected chi connectivity index (χ3v) is 6.11. The third kappa shape index (κ3) is 4.56. The van der Waals surface area contributed by atoms with Gasteiger partial charge in [0.2, 0.25) is 0 Å². The molecule has 5 rings (SSSR count). The molecule has 0 spiro atoms. The molecule has 0 bridgehead atoms. The molecule has 5 aromatic rings. The topological polar surface area (TPSA) is 0 Å². The molecule has 0 aliphatic heterocycles. The Morgan fingerprint density at radius 3 is 1.87 bits per heavy atom. The van der Waals surface area contributed by atoms with Crippen LogP contribution in [0.2, 0.25) is 0 Å². The number of aryl methyl sites for hydroxylation is 1. The normalized spacial score (nSPS) is 11.6. The fourth-order valence-corrected chi connectivity index (χ4v) is 4.35. The van der Waals surface area contributed by atoms with Crippen LogP contribution in [0.3, 0.4) is 0 Å². The lowest BCUT2D eigenvalue weighted by molar-refractivity contribution is -0.0696. The standard InChI is InChI=1S/C30H14F8/c1-15-2-5-20(24(31)10-15)16-3-6-22-18(11-16)14-26(33)27(29(22)35)17-4-7-21-19(12-17)13-25(32)23(28(21)34)8-9-30(36,37)38/h2-7,10-14H,1H3. The Morgan fingerprint density at radius 2 is 1.21 bits per heavy atom. The third-order valence-electron chi connectivity index (χ3n) is 6.11. The maximum atomic E-state index is 15.5. The molecule has 0 radical (unpaired) electrons. The number of hydrogen-bond acceptors (Lipinski definition) is 0. The van der Waals surface area contributed by atoms with Crippen LogP contribution in [-0.2, 0) is 0 Å². The minimum absolute atomic E-state index is 0.0351. The zero-order valence-corrected chi connectivity index (χ0v) is 19.4. The summed E-state index contributed by atoms with van der Waals surface area (Å²) in [4.78, 5) is 0. The van der Waals surface area contributed by atoms with Crippen molar-refractivity contribution < 1.29 is 35.1 Å². The van der Waals surface area contributed by atoms with E-state index in [1.165, 1.54) is 36.3 Å². The molecule has 0 heterocycles. The SMILES string of the molecule is Cc1ccc(-c2ccc3c(F)c(-c4ccc5c(F)c(C#CC(F)(F)F)c(F)cc5c4)c(F)cc3c2)c(F)c1. The van der Waals surface area contributed by atoms with E-state index in [4.69, 9.17) is 0 Å². The van der Waals surface area contributed by atoms with Gasteiger partial charge in [0.15, 0.2) is 0 Å². The highest BCUT2D eigenvalue weighted by Gasteiger charge is 2.24. The molecule has 0 fully saturated rings. The van der Waals surface area contributed by atoms with Gasteiger partial charge in [-0.05, 0) is 64.7 Å². The highest BCUT2D eigenvalue weighted by Crippen LogP contribution is 2.36. The van der Waals surface area contributed by atoms with Crippen molar-refractivity contribution in [1.29, 1.82) is 0 Å². The van der Waals surface area contributed by atoms with Gasteiger partial charge in [-0.25, -0.2) is 22.0 Å². The van der Waals surface area contributed by atoms with Gasteiger partial charge < -0.3 is 0 Å². The number of rotatable bonds is 2. The highest BCUT2D eigenvalue weighted by molar-refractivity contribution is 5.94. The maximum absolute atomic E-state index is 15.5. The first-order valence-electron chi connectivity index (χ1n) is 11.1. The average Bonchev–Trinajstić information content (AvgIpc) is 2.82. The maximum Gasteiger partial charge on any atom is 0.458 e. The number of halogens is 8. The number of hydrogen-bond donors (Lipinski definition) is 0. The molecule has 0 saturated heterocycles. The van der Waals surface area contributed by atoms with Gasteiger partial charge in [0.1, 0.15) is 29.1 Å². The van der Waals surface area contributed by atoms with E-state index in [1.54, 1.807) is 19.1 Å². The Balaban J connectivity index is 1.62. The van der Waals surface area contributed by atoms with Crippen LogP contribution in [0, 0.1) is 47.9 Å². The Kier molecular flexibility index (Phi) is 6.10. The first kappa shape index (κ1) is 25.3. The van der Waals surface area contributed by atoms with E-state index in [1.807, 2.05) is 0 Å². The highest BCUT2D eigenvalue weighted by atomic mass is 19.4. The monoisotopic (exact) mass is 526 g/mol. The molecule has 5 aromatic carbocycles. The van der Waals surface area contributed by atoms with Gasteiger partial charge in [0.25, 0.3) is 0 Å². The van der Waals surface area contributed by atoms with Crippen LogP contribution >= 0.6 is 0 Å². The van der Waals surface area contributed by atoms with Gasteiger partial charge in [0, 0.05) is 22.3 Å². The van der Waals surface area contributed by atoms with Gasteiger partial charge in [-0.2, -0.15) is 13.2 Å². The molecule has 38 heavy (non-hydrogen) atoms. The second kappa shape index (κ2) is 9.18. The summed E-state index contributed by atoms with van der Waals surface area (Å²) in [7, 11) is 0. The Bertz CT molecular complexity index is 1820. The van der Waals surface area contributed by atoms with Crippen LogP contribution in [0.4, 0.5) is 35.1 Å². The van der Waals surface area contributed by atoms with Gasteiger partial charge >= 0.3 is 6.18 Å². The van der Waals surface area contributed by atoms with E-state index in [-0.39, 0.29) is 32.7 Å². The van der Waals surface area contributed by atoms with Crippen LogP contribution in [0.1, 0.15) is 11.1 Å². The molecule has 0 N–H and O–H groups in total. The minimum Gasteiger partial charge on any atom is -0.206 e. The smallest absolute Gasteiger partial charge is 0.206 e. The molecule has 8 heteroatoms. The van der Waals surface area contributed by atoms with Crippen molar-refractivity contribution >= 4 is 21.5 Å². The molecule has 0 aliphatic carbocycles. The van der Waals surface area contributed by atoms with Crippen molar-refractivity contribution in [2.45, 2.75) is 13.1 Å². The van der Waals surface area contributed by atoms with Crippen molar-refractivity contribution in [1.82, 2.24) is 0 Å². The predicted octanol–water partition coefficient (Wildman–Crippen LogP) is 9.24. The van der Waals surface area contributed by atoms with E-state index in [0.29, 0.717) is 5.56 Å². The van der Waals surface area contributed by atoms with Crippen LogP contribution in [0.5, 0.6) is 0 Å². The fourth-order valence-electron chi connectivity index (χ4n) is 4.35. The lowest BCUT2D eigenvalue weighted by Gasteiger charge is -2.12. The van der Waals surface area contributed by atoms with Gasteiger partial charge in [-0.15, -0.1) is 0 Å². The molecule has 0 saturated carbocycles. The van der Waals surface area contributed by atoms with Crippen molar-refractivity contribution in [3.63, 3.8) is 0 Å². The summed E-state index contributed by atoms with van der Waals surface area (Å²) >= 11 is 0. The lowest BCUT2D eigenvalue weighted by atomic mass is 9.94. The molecule has 0 amide bonds. The summed E-state index contributed by atoms with van der Waals surface area (Å²) in [6.07, 6.45) is -4.95. The lowest BCUT2D eigenvalue weighted by Crippen LogP contribution is -2.02. The molecule has 0 atom stereocenters. The van der Waals surface area contributed by atoms with Crippen LogP contribution in [-0.4, -0.2) is 6.18 Å². The largest absolute Gasteiger partial charge is 0.458 e. The Morgan fingerprint density at radius 1 is 0.605 bits per heavy atom. The van der Waals surface area contributed by atoms with Crippen molar-refractivity contribution in [2.75, 3.05) is 0 Å². The number of alkyl halides is 3. The minimum atomic E-state index is -4.95. The predicted molar refractivity (Wildman–Crippen MR) is 130 cm³/mol. The zero-order chi connectivity index (χ0) is 27.4. The molecule has 0 aromatic heterocycles. The van der Waals surface area contributed by atoms with E-state index >= 15 is 8.78 Å². The Labute approximate surface area is 211 Å². The van der Waals surface area contributed by atoms with Gasteiger partial charge in [-0.3, -0.25) is 0 Å². The Hall–Kier alpha value is -4.38. The van der Waals surface area contributed by atoms with Gasteiger partial charge in [-0.1, -0.05) is 42.3 Å². The second-order valence-corrected chi connectivity index (χ2v) is 8.70. The van der Waals surface area contributed by atoms with E-state index in [2.05, 4.69) is 0 Å². The summed E-state index contributed by atoms with van der Waals surface area (Å²) in [6, 6.07) is 14.2.